The number of carbonyl (C=O) groups excluding carboxylic acids is 1. The van der Waals surface area contributed by atoms with E-state index in [1.165, 1.54) is 16.7 Å². The van der Waals surface area contributed by atoms with Crippen LogP contribution in [0.4, 0.5) is 0 Å². The van der Waals surface area contributed by atoms with E-state index in [0.29, 0.717) is 5.75 Å². The van der Waals surface area contributed by atoms with Crippen LogP contribution in [0.1, 0.15) is 62.9 Å². The van der Waals surface area contributed by atoms with E-state index in [0.717, 1.165) is 5.56 Å². The fourth-order valence-electron chi connectivity index (χ4n) is 3.01. The molecule has 1 N–H and O–H groups in total. The summed E-state index contributed by atoms with van der Waals surface area (Å²) in [4.78, 5) is 12.5. The highest BCUT2D eigenvalue weighted by Crippen LogP contribution is 2.25. The summed E-state index contributed by atoms with van der Waals surface area (Å²) in [6.45, 7) is 14.4. The molecular weight excluding hydrogens is 322 g/mol. The fourth-order valence-corrected chi connectivity index (χ4v) is 3.01. The van der Waals surface area contributed by atoms with Gasteiger partial charge in [0.25, 0.3) is 5.91 Å². The molecule has 2 atom stereocenters. The predicted molar refractivity (Wildman–Crippen MR) is 108 cm³/mol. The number of hydrogen-bond donors (Lipinski definition) is 1. The zero-order valence-electron chi connectivity index (χ0n) is 17.0. The quantitative estimate of drug-likeness (QED) is 0.798. The number of hydrogen-bond acceptors (Lipinski definition) is 2. The van der Waals surface area contributed by atoms with E-state index in [-0.39, 0.29) is 17.4 Å². The highest BCUT2D eigenvalue weighted by atomic mass is 16.5. The van der Waals surface area contributed by atoms with E-state index in [4.69, 9.17) is 4.74 Å². The van der Waals surface area contributed by atoms with Gasteiger partial charge in [-0.05, 0) is 61.9 Å². The molecule has 3 nitrogen and oxygen atoms in total. The van der Waals surface area contributed by atoms with Crippen molar-refractivity contribution < 1.29 is 9.53 Å². The van der Waals surface area contributed by atoms with Gasteiger partial charge in [-0.1, -0.05) is 56.7 Å². The van der Waals surface area contributed by atoms with Gasteiger partial charge in [-0.15, -0.1) is 0 Å². The summed E-state index contributed by atoms with van der Waals surface area (Å²) in [5, 5.41) is 3.05. The van der Waals surface area contributed by atoms with Gasteiger partial charge in [0.05, 0.1) is 6.04 Å². The molecule has 2 aromatic rings. The van der Waals surface area contributed by atoms with Crippen molar-refractivity contribution in [2.75, 3.05) is 0 Å². The van der Waals surface area contributed by atoms with E-state index in [1.807, 2.05) is 19.1 Å². The molecule has 0 aliphatic carbocycles. The summed E-state index contributed by atoms with van der Waals surface area (Å²) in [6.07, 6.45) is -0.552. The molecule has 0 aromatic heterocycles. The van der Waals surface area contributed by atoms with Crippen molar-refractivity contribution in [1.29, 1.82) is 0 Å². The summed E-state index contributed by atoms with van der Waals surface area (Å²) >= 11 is 0. The Kier molecular flexibility index (Phi) is 6.12. The first-order valence-electron chi connectivity index (χ1n) is 9.22. The second kappa shape index (κ2) is 7.94. The summed E-state index contributed by atoms with van der Waals surface area (Å²) in [7, 11) is 0. The maximum absolute atomic E-state index is 12.5. The maximum atomic E-state index is 12.5. The Balaban J connectivity index is 1.98. The van der Waals surface area contributed by atoms with Crippen LogP contribution >= 0.6 is 0 Å². The van der Waals surface area contributed by atoms with Gasteiger partial charge >= 0.3 is 0 Å². The summed E-state index contributed by atoms with van der Waals surface area (Å²) in [6, 6.07) is 14.2. The largest absolute Gasteiger partial charge is 0.481 e. The first-order valence-corrected chi connectivity index (χ1v) is 9.22. The van der Waals surface area contributed by atoms with Crippen molar-refractivity contribution in [2.24, 2.45) is 0 Å². The SMILES string of the molecule is Cc1ccc([C@H](C)NC(=O)[C@@H](C)Oc2ccc(C(C)(C)C)cc2)c(C)c1. The van der Waals surface area contributed by atoms with Crippen LogP contribution in [0, 0.1) is 13.8 Å². The Morgan fingerprint density at radius 3 is 2.15 bits per heavy atom. The second-order valence-electron chi connectivity index (χ2n) is 8.12. The van der Waals surface area contributed by atoms with Gasteiger partial charge in [0.1, 0.15) is 5.75 Å². The molecule has 0 heterocycles. The molecule has 0 radical (unpaired) electrons. The highest BCUT2D eigenvalue weighted by molar-refractivity contribution is 5.81. The zero-order valence-corrected chi connectivity index (χ0v) is 17.0. The third kappa shape index (κ3) is 5.10. The van der Waals surface area contributed by atoms with E-state index >= 15 is 0 Å². The number of carbonyl (C=O) groups is 1. The Morgan fingerprint density at radius 2 is 1.62 bits per heavy atom. The lowest BCUT2D eigenvalue weighted by molar-refractivity contribution is -0.127. The predicted octanol–water partition coefficient (Wildman–Crippen LogP) is 5.25. The van der Waals surface area contributed by atoms with Crippen molar-refractivity contribution >= 4 is 5.91 Å². The van der Waals surface area contributed by atoms with Gasteiger partial charge in [0, 0.05) is 0 Å². The molecule has 0 spiro atoms. The standard InChI is InChI=1S/C23H31NO2/c1-15-8-13-21(16(2)14-15)17(3)24-22(25)18(4)26-20-11-9-19(10-12-20)23(5,6)7/h8-14,17-18H,1-7H3,(H,24,25)/t17-,18+/m0/s1. The van der Waals surface area contributed by atoms with Gasteiger partial charge < -0.3 is 10.1 Å². The molecule has 0 aliphatic heterocycles. The Morgan fingerprint density at radius 1 is 1.00 bits per heavy atom. The lowest BCUT2D eigenvalue weighted by Crippen LogP contribution is -2.38. The smallest absolute Gasteiger partial charge is 0.261 e. The summed E-state index contributed by atoms with van der Waals surface area (Å²) in [5.41, 5.74) is 4.88. The van der Waals surface area contributed by atoms with E-state index in [9.17, 15) is 4.79 Å². The number of ether oxygens (including phenoxy) is 1. The molecule has 2 rings (SSSR count). The number of benzene rings is 2. The molecule has 0 aliphatic rings. The molecule has 1 amide bonds. The van der Waals surface area contributed by atoms with Gasteiger partial charge in [0.2, 0.25) is 0 Å². The van der Waals surface area contributed by atoms with E-state index < -0.39 is 6.10 Å². The monoisotopic (exact) mass is 353 g/mol. The normalized spacial score (nSPS) is 13.8. The fraction of sp³-hybridized carbons (Fsp3) is 0.435. The van der Waals surface area contributed by atoms with Crippen LogP contribution in [0.15, 0.2) is 42.5 Å². The van der Waals surface area contributed by atoms with E-state index in [1.54, 1.807) is 6.92 Å². The van der Waals surface area contributed by atoms with Crippen LogP contribution in [0.5, 0.6) is 5.75 Å². The molecule has 0 saturated carbocycles. The molecule has 0 saturated heterocycles. The second-order valence-corrected chi connectivity index (χ2v) is 8.12. The van der Waals surface area contributed by atoms with Crippen LogP contribution in [0.2, 0.25) is 0 Å². The minimum absolute atomic E-state index is 0.0579. The highest BCUT2D eigenvalue weighted by Gasteiger charge is 2.19. The van der Waals surface area contributed by atoms with Gasteiger partial charge in [-0.25, -0.2) is 0 Å². The molecule has 3 heteroatoms. The molecule has 0 unspecified atom stereocenters. The average Bonchev–Trinajstić information content (AvgIpc) is 2.54. The Labute approximate surface area is 157 Å². The molecule has 2 aromatic carbocycles. The first kappa shape index (κ1) is 20.0. The Hall–Kier alpha value is -2.29. The van der Waals surface area contributed by atoms with Crippen LogP contribution in [0.25, 0.3) is 0 Å². The number of aryl methyl sites for hydroxylation is 2. The van der Waals surface area contributed by atoms with Crippen LogP contribution < -0.4 is 10.1 Å². The third-order valence-electron chi connectivity index (χ3n) is 4.65. The molecule has 26 heavy (non-hydrogen) atoms. The van der Waals surface area contributed by atoms with Gasteiger partial charge in [0.15, 0.2) is 6.10 Å². The molecule has 0 bridgehead atoms. The van der Waals surface area contributed by atoms with Gasteiger partial charge in [-0.2, -0.15) is 0 Å². The topological polar surface area (TPSA) is 38.3 Å². The molecule has 140 valence electrons. The maximum Gasteiger partial charge on any atom is 0.261 e. The minimum Gasteiger partial charge on any atom is -0.481 e. The molecular formula is C23H31NO2. The Bertz CT molecular complexity index is 757. The van der Waals surface area contributed by atoms with Crippen molar-refractivity contribution in [3.63, 3.8) is 0 Å². The van der Waals surface area contributed by atoms with Crippen molar-refractivity contribution in [1.82, 2.24) is 5.32 Å². The van der Waals surface area contributed by atoms with Crippen molar-refractivity contribution in [3.8, 4) is 5.75 Å². The number of rotatable bonds is 5. The van der Waals surface area contributed by atoms with Crippen LogP contribution in [-0.2, 0) is 10.2 Å². The van der Waals surface area contributed by atoms with Crippen molar-refractivity contribution in [2.45, 2.75) is 66.0 Å². The molecule has 0 fully saturated rings. The summed E-state index contributed by atoms with van der Waals surface area (Å²) < 4.78 is 5.82. The summed E-state index contributed by atoms with van der Waals surface area (Å²) in [5.74, 6) is 0.595. The average molecular weight is 354 g/mol. The minimum atomic E-state index is -0.552. The first-order chi connectivity index (χ1) is 12.1. The third-order valence-corrected chi connectivity index (χ3v) is 4.65. The van der Waals surface area contributed by atoms with E-state index in [2.05, 4.69) is 70.3 Å². The van der Waals surface area contributed by atoms with Crippen LogP contribution in [-0.4, -0.2) is 12.0 Å². The lowest BCUT2D eigenvalue weighted by atomic mass is 9.87. The lowest BCUT2D eigenvalue weighted by Gasteiger charge is -2.22. The number of nitrogens with one attached hydrogen (secondary N) is 1. The van der Waals surface area contributed by atoms with Crippen LogP contribution in [0.3, 0.4) is 0 Å². The number of amides is 1. The van der Waals surface area contributed by atoms with Crippen molar-refractivity contribution in [3.05, 3.63) is 64.7 Å². The zero-order chi connectivity index (χ0) is 19.5. The van der Waals surface area contributed by atoms with Gasteiger partial charge in [-0.3, -0.25) is 4.79 Å².